The lowest BCUT2D eigenvalue weighted by molar-refractivity contribution is -0.138. The van der Waals surface area contributed by atoms with Gasteiger partial charge in [-0.3, -0.25) is 4.79 Å². The van der Waals surface area contributed by atoms with Gasteiger partial charge in [0, 0.05) is 12.1 Å². The molecule has 0 bridgehead atoms. The molecule has 0 heterocycles. The Balaban J connectivity index is 0.00000242. The topological polar surface area (TPSA) is 55.1 Å². The summed E-state index contributed by atoms with van der Waals surface area (Å²) in [6.07, 6.45) is -1.44. The minimum absolute atomic E-state index is 0. The summed E-state index contributed by atoms with van der Waals surface area (Å²) < 4.78 is 38.6. The molecule has 0 aromatic heterocycles. The fraction of sp³-hybridized carbons (Fsp3) is 0.533. The van der Waals surface area contributed by atoms with E-state index in [1.165, 1.54) is 18.2 Å². The van der Waals surface area contributed by atoms with E-state index in [-0.39, 0.29) is 42.4 Å². The lowest BCUT2D eigenvalue weighted by atomic mass is 9.91. The van der Waals surface area contributed by atoms with Gasteiger partial charge in [-0.1, -0.05) is 18.2 Å². The van der Waals surface area contributed by atoms with E-state index in [0.29, 0.717) is 0 Å². The third-order valence-electron chi connectivity index (χ3n) is 3.81. The van der Waals surface area contributed by atoms with Crippen LogP contribution in [0.15, 0.2) is 24.3 Å². The Bertz CT molecular complexity index is 500. The second-order valence-corrected chi connectivity index (χ2v) is 5.51. The van der Waals surface area contributed by atoms with Crippen LogP contribution in [0.3, 0.4) is 0 Å². The van der Waals surface area contributed by atoms with Crippen LogP contribution in [0.5, 0.6) is 0 Å². The smallest absolute Gasteiger partial charge is 0.353 e. The number of halogens is 4. The van der Waals surface area contributed by atoms with Crippen LogP contribution in [0.2, 0.25) is 0 Å². The molecule has 1 amide bonds. The molecule has 0 atom stereocenters. The predicted molar refractivity (Wildman–Crippen MR) is 80.8 cm³/mol. The third-order valence-corrected chi connectivity index (χ3v) is 3.81. The van der Waals surface area contributed by atoms with Crippen LogP contribution in [0.1, 0.15) is 36.8 Å². The minimum Gasteiger partial charge on any atom is -0.353 e. The van der Waals surface area contributed by atoms with Gasteiger partial charge >= 0.3 is 6.18 Å². The number of nitrogens with one attached hydrogen (secondary N) is 1. The summed E-state index contributed by atoms with van der Waals surface area (Å²) in [6.45, 7) is 0. The van der Waals surface area contributed by atoms with E-state index in [0.717, 1.165) is 31.7 Å². The van der Waals surface area contributed by atoms with E-state index in [1.807, 2.05) is 0 Å². The van der Waals surface area contributed by atoms with Gasteiger partial charge in [0.15, 0.2) is 0 Å². The molecule has 1 aromatic rings. The Morgan fingerprint density at radius 2 is 1.77 bits per heavy atom. The Hall–Kier alpha value is -1.27. The first kappa shape index (κ1) is 18.8. The molecular formula is C15H20ClF3N2O. The molecular weight excluding hydrogens is 317 g/mol. The molecule has 0 saturated heterocycles. The van der Waals surface area contributed by atoms with Gasteiger partial charge < -0.3 is 11.1 Å². The molecule has 3 nitrogen and oxygen atoms in total. The lowest BCUT2D eigenvalue weighted by Crippen LogP contribution is -2.41. The maximum Gasteiger partial charge on any atom is 0.416 e. The SMILES string of the molecule is Cl.NC1CCC(NC(=O)Cc2ccccc2C(F)(F)F)CC1. The number of amides is 1. The summed E-state index contributed by atoms with van der Waals surface area (Å²) in [7, 11) is 0. The highest BCUT2D eigenvalue weighted by Gasteiger charge is 2.33. The van der Waals surface area contributed by atoms with Gasteiger partial charge in [0.05, 0.1) is 12.0 Å². The highest BCUT2D eigenvalue weighted by molar-refractivity contribution is 5.85. The molecule has 22 heavy (non-hydrogen) atoms. The fourth-order valence-electron chi connectivity index (χ4n) is 2.67. The van der Waals surface area contributed by atoms with Crippen molar-refractivity contribution in [3.63, 3.8) is 0 Å². The molecule has 0 radical (unpaired) electrons. The van der Waals surface area contributed by atoms with E-state index in [1.54, 1.807) is 0 Å². The first-order valence-corrected chi connectivity index (χ1v) is 7.06. The van der Waals surface area contributed by atoms with Crippen molar-refractivity contribution in [2.24, 2.45) is 5.73 Å². The van der Waals surface area contributed by atoms with Gasteiger partial charge in [-0.25, -0.2) is 0 Å². The largest absolute Gasteiger partial charge is 0.416 e. The minimum atomic E-state index is -4.44. The van der Waals surface area contributed by atoms with Gasteiger partial charge in [0.25, 0.3) is 0 Å². The Morgan fingerprint density at radius 1 is 1.18 bits per heavy atom. The van der Waals surface area contributed by atoms with Crippen LogP contribution < -0.4 is 11.1 Å². The van der Waals surface area contributed by atoms with E-state index in [2.05, 4.69) is 5.32 Å². The van der Waals surface area contributed by atoms with Crippen molar-refractivity contribution in [1.29, 1.82) is 0 Å². The molecule has 124 valence electrons. The number of benzene rings is 1. The third kappa shape index (κ3) is 5.18. The average molecular weight is 337 g/mol. The number of nitrogens with two attached hydrogens (primary N) is 1. The fourth-order valence-corrected chi connectivity index (χ4v) is 2.67. The van der Waals surface area contributed by atoms with Gasteiger partial charge in [-0.05, 0) is 37.3 Å². The van der Waals surface area contributed by atoms with Crippen molar-refractivity contribution in [1.82, 2.24) is 5.32 Å². The molecule has 0 unspecified atom stereocenters. The zero-order chi connectivity index (χ0) is 15.5. The van der Waals surface area contributed by atoms with E-state index in [9.17, 15) is 18.0 Å². The van der Waals surface area contributed by atoms with Gasteiger partial charge in [-0.2, -0.15) is 13.2 Å². The zero-order valence-electron chi connectivity index (χ0n) is 12.0. The number of hydrogen-bond acceptors (Lipinski definition) is 2. The van der Waals surface area contributed by atoms with Crippen LogP contribution in [0.4, 0.5) is 13.2 Å². The van der Waals surface area contributed by atoms with Crippen LogP contribution in [0.25, 0.3) is 0 Å². The number of rotatable bonds is 3. The standard InChI is InChI=1S/C15H19F3N2O.ClH/c16-15(17,18)13-4-2-1-3-10(13)9-14(21)20-12-7-5-11(19)6-8-12;/h1-4,11-12H,5-9,19H2,(H,20,21);1H. The predicted octanol–water partition coefficient (Wildman–Crippen LogP) is 3.06. The lowest BCUT2D eigenvalue weighted by Gasteiger charge is -2.27. The highest BCUT2D eigenvalue weighted by Crippen LogP contribution is 2.32. The maximum absolute atomic E-state index is 12.9. The molecule has 7 heteroatoms. The molecule has 1 aliphatic carbocycles. The second-order valence-electron chi connectivity index (χ2n) is 5.51. The van der Waals surface area contributed by atoms with Gasteiger partial charge in [-0.15, -0.1) is 12.4 Å². The van der Waals surface area contributed by atoms with Gasteiger partial charge in [0.2, 0.25) is 5.91 Å². The van der Waals surface area contributed by atoms with E-state index >= 15 is 0 Å². The summed E-state index contributed by atoms with van der Waals surface area (Å²) in [5, 5.41) is 2.80. The average Bonchev–Trinajstić information content (AvgIpc) is 2.41. The van der Waals surface area contributed by atoms with Gasteiger partial charge in [0.1, 0.15) is 0 Å². The molecule has 1 aliphatic rings. The molecule has 0 aliphatic heterocycles. The zero-order valence-corrected chi connectivity index (χ0v) is 12.8. The van der Waals surface area contributed by atoms with Crippen molar-refractivity contribution in [3.8, 4) is 0 Å². The van der Waals surface area contributed by atoms with Crippen LogP contribution in [-0.4, -0.2) is 18.0 Å². The molecule has 1 aromatic carbocycles. The van der Waals surface area contributed by atoms with E-state index < -0.39 is 11.7 Å². The monoisotopic (exact) mass is 336 g/mol. The molecule has 3 N–H and O–H groups in total. The number of carbonyl (C=O) groups excluding carboxylic acids is 1. The molecule has 1 fully saturated rings. The summed E-state index contributed by atoms with van der Waals surface area (Å²) in [5.74, 6) is -0.368. The Morgan fingerprint density at radius 3 is 2.36 bits per heavy atom. The van der Waals surface area contributed by atoms with E-state index in [4.69, 9.17) is 5.73 Å². The van der Waals surface area contributed by atoms with Crippen LogP contribution >= 0.6 is 12.4 Å². The van der Waals surface area contributed by atoms with Crippen LogP contribution in [0, 0.1) is 0 Å². The molecule has 1 saturated carbocycles. The normalized spacial score (nSPS) is 21.8. The highest BCUT2D eigenvalue weighted by atomic mass is 35.5. The summed E-state index contributed by atoms with van der Waals surface area (Å²) >= 11 is 0. The Labute approximate surface area is 133 Å². The van der Waals surface area contributed by atoms with Crippen molar-refractivity contribution in [2.75, 3.05) is 0 Å². The first-order valence-electron chi connectivity index (χ1n) is 7.06. The number of alkyl halides is 3. The number of hydrogen-bond donors (Lipinski definition) is 2. The second kappa shape index (κ2) is 7.83. The first-order chi connectivity index (χ1) is 9.86. The molecule has 0 spiro atoms. The number of carbonyl (C=O) groups is 1. The van der Waals surface area contributed by atoms with Crippen molar-refractivity contribution in [2.45, 2.75) is 50.4 Å². The quantitative estimate of drug-likeness (QED) is 0.891. The van der Waals surface area contributed by atoms with Crippen LogP contribution in [-0.2, 0) is 17.4 Å². The van der Waals surface area contributed by atoms with Crippen molar-refractivity contribution in [3.05, 3.63) is 35.4 Å². The maximum atomic E-state index is 12.9. The summed E-state index contributed by atoms with van der Waals surface area (Å²) in [5.41, 5.74) is 5.05. The summed E-state index contributed by atoms with van der Waals surface area (Å²) in [4.78, 5) is 11.9. The van der Waals surface area contributed by atoms with Crippen molar-refractivity contribution >= 4 is 18.3 Å². The summed E-state index contributed by atoms with van der Waals surface area (Å²) in [6, 6.07) is 5.38. The molecule has 2 rings (SSSR count). The Kier molecular flexibility index (Phi) is 6.68. The van der Waals surface area contributed by atoms with Crippen molar-refractivity contribution < 1.29 is 18.0 Å².